The van der Waals surface area contributed by atoms with Gasteiger partial charge in [0, 0.05) is 24.5 Å². The van der Waals surface area contributed by atoms with Crippen LogP contribution in [0.5, 0.6) is 5.88 Å². The summed E-state index contributed by atoms with van der Waals surface area (Å²) in [5, 5.41) is 1.08. The van der Waals surface area contributed by atoms with Crippen LogP contribution in [0.15, 0.2) is 66.7 Å². The molecular weight excluding hydrogens is 376 g/mol. The van der Waals surface area contributed by atoms with E-state index in [1.807, 2.05) is 71.6 Å². The Balaban J connectivity index is 1.56. The lowest BCUT2D eigenvalue weighted by Gasteiger charge is -2.26. The van der Waals surface area contributed by atoms with E-state index in [-0.39, 0.29) is 5.91 Å². The summed E-state index contributed by atoms with van der Waals surface area (Å²) in [5.41, 5.74) is 13.7. The Bertz CT molecular complexity index is 933. The van der Waals surface area contributed by atoms with E-state index < -0.39 is 6.04 Å². The van der Waals surface area contributed by atoms with Crippen molar-refractivity contribution >= 4 is 16.8 Å². The monoisotopic (exact) mass is 406 g/mol. The lowest BCUT2D eigenvalue weighted by atomic mass is 10.1. The molecule has 6 nitrogen and oxygen atoms in total. The fourth-order valence-electron chi connectivity index (χ4n) is 3.33. The first-order valence-corrected chi connectivity index (χ1v) is 10.4. The molecule has 2 aromatic carbocycles. The number of benzene rings is 2. The van der Waals surface area contributed by atoms with Crippen LogP contribution in [0.25, 0.3) is 10.9 Å². The number of nitrogens with zero attached hydrogens (tertiary/aromatic N) is 2. The Labute approximate surface area is 177 Å². The number of amides is 1. The molecule has 158 valence electrons. The minimum absolute atomic E-state index is 0.0452. The molecule has 0 saturated carbocycles. The van der Waals surface area contributed by atoms with Gasteiger partial charge in [-0.1, -0.05) is 48.5 Å². The number of carbonyl (C=O) groups excluding carboxylic acids is 1. The van der Waals surface area contributed by atoms with E-state index in [2.05, 4.69) is 4.98 Å². The SMILES string of the molecule is NCCC[C@@H](N)C(=O)N(CCCOc1ccc2ccccc2n1)Cc1ccccc1. The largest absolute Gasteiger partial charge is 0.478 e. The van der Waals surface area contributed by atoms with E-state index >= 15 is 0 Å². The minimum Gasteiger partial charge on any atom is -0.478 e. The first-order valence-electron chi connectivity index (χ1n) is 10.4. The average Bonchev–Trinajstić information content (AvgIpc) is 2.79. The number of hydrogen-bond donors (Lipinski definition) is 2. The van der Waals surface area contributed by atoms with Gasteiger partial charge in [0.15, 0.2) is 0 Å². The third-order valence-corrected chi connectivity index (χ3v) is 4.96. The van der Waals surface area contributed by atoms with Gasteiger partial charge in [0.1, 0.15) is 0 Å². The lowest BCUT2D eigenvalue weighted by molar-refractivity contribution is -0.133. The van der Waals surface area contributed by atoms with Crippen molar-refractivity contribution in [2.75, 3.05) is 19.7 Å². The highest BCUT2D eigenvalue weighted by molar-refractivity contribution is 5.81. The van der Waals surface area contributed by atoms with Crippen molar-refractivity contribution in [3.63, 3.8) is 0 Å². The Kier molecular flexibility index (Phi) is 8.18. The van der Waals surface area contributed by atoms with Gasteiger partial charge in [0.25, 0.3) is 0 Å². The van der Waals surface area contributed by atoms with E-state index in [0.29, 0.717) is 45.0 Å². The van der Waals surface area contributed by atoms with Crippen LogP contribution in [0, 0.1) is 0 Å². The van der Waals surface area contributed by atoms with E-state index in [4.69, 9.17) is 16.2 Å². The number of para-hydroxylation sites is 1. The Morgan fingerprint density at radius 2 is 1.77 bits per heavy atom. The van der Waals surface area contributed by atoms with Gasteiger partial charge in [0.2, 0.25) is 11.8 Å². The van der Waals surface area contributed by atoms with Crippen LogP contribution >= 0.6 is 0 Å². The minimum atomic E-state index is -0.527. The van der Waals surface area contributed by atoms with Crippen molar-refractivity contribution in [1.82, 2.24) is 9.88 Å². The topological polar surface area (TPSA) is 94.5 Å². The molecule has 1 atom stereocenters. The summed E-state index contributed by atoms with van der Waals surface area (Å²) in [5.74, 6) is 0.547. The third-order valence-electron chi connectivity index (χ3n) is 4.96. The standard InChI is InChI=1S/C24H30N4O2/c25-15-6-11-21(26)24(29)28(18-19-8-2-1-3-9-19)16-7-17-30-23-14-13-20-10-4-5-12-22(20)27-23/h1-5,8-10,12-14,21H,6-7,11,15-18,25-26H2/t21-/m1/s1. The zero-order chi connectivity index (χ0) is 21.2. The third kappa shape index (κ3) is 6.27. The molecule has 1 amide bonds. The number of carbonyl (C=O) groups is 1. The van der Waals surface area contributed by atoms with E-state index in [1.54, 1.807) is 0 Å². The van der Waals surface area contributed by atoms with Crippen LogP contribution in [-0.4, -0.2) is 41.5 Å². The molecule has 1 aromatic heterocycles. The fourth-order valence-corrected chi connectivity index (χ4v) is 3.33. The van der Waals surface area contributed by atoms with Crippen LogP contribution in [0.2, 0.25) is 0 Å². The van der Waals surface area contributed by atoms with Crippen LogP contribution in [-0.2, 0) is 11.3 Å². The van der Waals surface area contributed by atoms with E-state index in [9.17, 15) is 4.79 Å². The molecule has 4 N–H and O–H groups in total. The number of fused-ring (bicyclic) bond motifs is 1. The summed E-state index contributed by atoms with van der Waals surface area (Å²) in [6, 6.07) is 21.2. The van der Waals surface area contributed by atoms with Crippen molar-refractivity contribution in [2.24, 2.45) is 11.5 Å². The lowest BCUT2D eigenvalue weighted by Crippen LogP contribution is -2.44. The molecule has 0 aliphatic rings. The molecule has 0 aliphatic carbocycles. The summed E-state index contributed by atoms with van der Waals surface area (Å²) in [6.45, 7) is 2.11. The molecule has 6 heteroatoms. The zero-order valence-corrected chi connectivity index (χ0v) is 17.2. The first kappa shape index (κ1) is 21.7. The molecule has 0 fully saturated rings. The Hall–Kier alpha value is -2.96. The number of rotatable bonds is 11. The normalized spacial score (nSPS) is 11.9. The molecule has 3 rings (SSSR count). The predicted molar refractivity (Wildman–Crippen MR) is 120 cm³/mol. The van der Waals surface area contributed by atoms with Gasteiger partial charge in [-0.3, -0.25) is 4.79 Å². The molecule has 3 aromatic rings. The van der Waals surface area contributed by atoms with Gasteiger partial charge in [-0.05, 0) is 43.5 Å². The summed E-state index contributed by atoms with van der Waals surface area (Å²) >= 11 is 0. The first-order chi connectivity index (χ1) is 14.7. The quantitative estimate of drug-likeness (QED) is 0.477. The zero-order valence-electron chi connectivity index (χ0n) is 17.2. The molecule has 0 saturated heterocycles. The van der Waals surface area contributed by atoms with Crippen LogP contribution < -0.4 is 16.2 Å². The van der Waals surface area contributed by atoms with Gasteiger partial charge in [0.05, 0.1) is 18.2 Å². The molecule has 0 radical (unpaired) electrons. The molecule has 0 bridgehead atoms. The molecule has 0 spiro atoms. The van der Waals surface area contributed by atoms with Crippen molar-refractivity contribution in [2.45, 2.75) is 31.8 Å². The number of ether oxygens (including phenoxy) is 1. The van der Waals surface area contributed by atoms with Crippen molar-refractivity contribution in [3.05, 3.63) is 72.3 Å². The number of nitrogens with two attached hydrogens (primary N) is 2. The summed E-state index contributed by atoms with van der Waals surface area (Å²) in [7, 11) is 0. The van der Waals surface area contributed by atoms with Gasteiger partial charge in [-0.2, -0.15) is 0 Å². The van der Waals surface area contributed by atoms with Crippen molar-refractivity contribution in [1.29, 1.82) is 0 Å². The summed E-state index contributed by atoms with van der Waals surface area (Å²) < 4.78 is 5.82. The highest BCUT2D eigenvalue weighted by Crippen LogP contribution is 2.16. The highest BCUT2D eigenvalue weighted by Gasteiger charge is 2.20. The maximum atomic E-state index is 12.9. The van der Waals surface area contributed by atoms with Gasteiger partial charge >= 0.3 is 0 Å². The number of pyridine rings is 1. The molecule has 1 heterocycles. The summed E-state index contributed by atoms with van der Waals surface area (Å²) in [4.78, 5) is 19.2. The van der Waals surface area contributed by atoms with Crippen LogP contribution in [0.4, 0.5) is 0 Å². The average molecular weight is 407 g/mol. The second-order valence-corrected chi connectivity index (χ2v) is 7.33. The number of aromatic nitrogens is 1. The maximum absolute atomic E-state index is 12.9. The Morgan fingerprint density at radius 3 is 2.57 bits per heavy atom. The van der Waals surface area contributed by atoms with Gasteiger partial charge in [-0.25, -0.2) is 4.98 Å². The van der Waals surface area contributed by atoms with Crippen LogP contribution in [0.1, 0.15) is 24.8 Å². The fraction of sp³-hybridized carbons (Fsp3) is 0.333. The van der Waals surface area contributed by atoms with Gasteiger partial charge < -0.3 is 21.1 Å². The second kappa shape index (κ2) is 11.3. The van der Waals surface area contributed by atoms with Crippen molar-refractivity contribution in [3.8, 4) is 5.88 Å². The highest BCUT2D eigenvalue weighted by atomic mass is 16.5. The van der Waals surface area contributed by atoms with Crippen molar-refractivity contribution < 1.29 is 9.53 Å². The van der Waals surface area contributed by atoms with Crippen LogP contribution in [0.3, 0.4) is 0 Å². The second-order valence-electron chi connectivity index (χ2n) is 7.33. The maximum Gasteiger partial charge on any atom is 0.239 e. The van der Waals surface area contributed by atoms with E-state index in [0.717, 1.165) is 22.9 Å². The predicted octanol–water partition coefficient (Wildman–Crippen LogP) is 3.10. The summed E-state index contributed by atoms with van der Waals surface area (Å²) in [6.07, 6.45) is 2.03. The Morgan fingerprint density at radius 1 is 1.00 bits per heavy atom. The van der Waals surface area contributed by atoms with Gasteiger partial charge in [-0.15, -0.1) is 0 Å². The molecule has 0 aliphatic heterocycles. The molecular formula is C24H30N4O2. The molecule has 30 heavy (non-hydrogen) atoms. The van der Waals surface area contributed by atoms with E-state index in [1.165, 1.54) is 0 Å². The number of hydrogen-bond acceptors (Lipinski definition) is 5. The molecule has 0 unspecified atom stereocenters. The smallest absolute Gasteiger partial charge is 0.239 e.